The second kappa shape index (κ2) is 5.37. The molecule has 0 saturated heterocycles. The van der Waals surface area contributed by atoms with Gasteiger partial charge in [-0.2, -0.15) is 13.2 Å². The minimum atomic E-state index is -4.49. The number of aliphatic hydroxyl groups is 1. The molecule has 0 spiro atoms. The predicted molar refractivity (Wildman–Crippen MR) is 56.6 cm³/mol. The van der Waals surface area contributed by atoms with Crippen LogP contribution in [0.15, 0.2) is 18.2 Å². The van der Waals surface area contributed by atoms with Crippen LogP contribution in [0.3, 0.4) is 0 Å². The van der Waals surface area contributed by atoms with E-state index in [0.717, 1.165) is 6.07 Å². The first kappa shape index (κ1) is 13.8. The third-order valence-corrected chi connectivity index (χ3v) is 2.41. The van der Waals surface area contributed by atoms with Crippen LogP contribution in [0.5, 0.6) is 5.75 Å². The van der Waals surface area contributed by atoms with Crippen molar-refractivity contribution in [1.82, 2.24) is 0 Å². The Morgan fingerprint density at radius 3 is 2.53 bits per heavy atom. The summed E-state index contributed by atoms with van der Waals surface area (Å²) >= 11 is 0. The topological polar surface area (TPSA) is 55.5 Å². The molecule has 0 aliphatic heterocycles. The summed E-state index contributed by atoms with van der Waals surface area (Å²) in [5.41, 5.74) is 4.74. The Labute approximate surface area is 97.0 Å². The molecule has 0 saturated carbocycles. The number of hydrogen-bond donors (Lipinski definition) is 2. The Morgan fingerprint density at radius 2 is 2.06 bits per heavy atom. The molecule has 0 aliphatic rings. The standard InChI is InChI=1S/C11H14F3NO2/c1-17-7-2-3-8(10(15)4-5-16)9(6-7)11(12,13)14/h2-3,6,10,16H,4-5,15H2,1H3. The summed E-state index contributed by atoms with van der Waals surface area (Å²) in [6, 6.07) is 2.76. The maximum absolute atomic E-state index is 12.8. The number of hydrogen-bond acceptors (Lipinski definition) is 3. The molecule has 1 atom stereocenters. The Bertz CT molecular complexity index is 379. The molecule has 0 aromatic heterocycles. The molecule has 96 valence electrons. The van der Waals surface area contributed by atoms with Gasteiger partial charge in [0.05, 0.1) is 12.7 Å². The number of nitrogens with two attached hydrogens (primary N) is 1. The van der Waals surface area contributed by atoms with Gasteiger partial charge in [0.15, 0.2) is 0 Å². The average Bonchev–Trinajstić information content (AvgIpc) is 2.27. The Kier molecular flexibility index (Phi) is 4.36. The summed E-state index contributed by atoms with van der Waals surface area (Å²) in [5, 5.41) is 8.71. The normalized spacial score (nSPS) is 13.5. The van der Waals surface area contributed by atoms with Crippen molar-refractivity contribution in [2.75, 3.05) is 13.7 Å². The minimum Gasteiger partial charge on any atom is -0.497 e. The molecule has 0 bridgehead atoms. The van der Waals surface area contributed by atoms with E-state index >= 15 is 0 Å². The molecular weight excluding hydrogens is 235 g/mol. The van der Waals surface area contributed by atoms with Crippen LogP contribution in [0.25, 0.3) is 0 Å². The molecule has 1 rings (SSSR count). The smallest absolute Gasteiger partial charge is 0.416 e. The zero-order valence-corrected chi connectivity index (χ0v) is 9.29. The second-order valence-electron chi connectivity index (χ2n) is 3.57. The monoisotopic (exact) mass is 249 g/mol. The van der Waals surface area contributed by atoms with Crippen molar-refractivity contribution < 1.29 is 23.0 Å². The van der Waals surface area contributed by atoms with Gasteiger partial charge in [-0.3, -0.25) is 0 Å². The third-order valence-electron chi connectivity index (χ3n) is 2.41. The second-order valence-corrected chi connectivity index (χ2v) is 3.57. The van der Waals surface area contributed by atoms with Crippen molar-refractivity contribution in [2.24, 2.45) is 5.73 Å². The van der Waals surface area contributed by atoms with Crippen LogP contribution >= 0.6 is 0 Å². The average molecular weight is 249 g/mol. The largest absolute Gasteiger partial charge is 0.497 e. The maximum atomic E-state index is 12.8. The number of benzene rings is 1. The molecule has 0 fully saturated rings. The number of alkyl halides is 3. The van der Waals surface area contributed by atoms with E-state index < -0.39 is 17.8 Å². The van der Waals surface area contributed by atoms with Gasteiger partial charge in [-0.25, -0.2) is 0 Å². The van der Waals surface area contributed by atoms with E-state index in [0.29, 0.717) is 0 Å². The molecule has 0 aliphatic carbocycles. The molecule has 3 N–H and O–H groups in total. The van der Waals surface area contributed by atoms with Gasteiger partial charge in [-0.15, -0.1) is 0 Å². The molecule has 17 heavy (non-hydrogen) atoms. The molecule has 1 aromatic rings. The van der Waals surface area contributed by atoms with Crippen LogP contribution in [-0.2, 0) is 6.18 Å². The number of rotatable bonds is 4. The van der Waals surface area contributed by atoms with Crippen LogP contribution in [0.2, 0.25) is 0 Å². The highest BCUT2D eigenvalue weighted by atomic mass is 19.4. The molecule has 6 heteroatoms. The highest BCUT2D eigenvalue weighted by Crippen LogP contribution is 2.36. The first-order valence-corrected chi connectivity index (χ1v) is 5.01. The van der Waals surface area contributed by atoms with Gasteiger partial charge in [-0.05, 0) is 24.1 Å². The van der Waals surface area contributed by atoms with Crippen LogP contribution in [0.4, 0.5) is 13.2 Å². The molecule has 3 nitrogen and oxygen atoms in total. The van der Waals surface area contributed by atoms with E-state index in [4.69, 9.17) is 15.6 Å². The van der Waals surface area contributed by atoms with Gasteiger partial charge in [0, 0.05) is 12.6 Å². The number of methoxy groups -OCH3 is 1. The van der Waals surface area contributed by atoms with E-state index in [1.54, 1.807) is 0 Å². The van der Waals surface area contributed by atoms with Crippen LogP contribution in [0.1, 0.15) is 23.6 Å². The SMILES string of the molecule is COc1ccc(C(N)CCO)c(C(F)(F)F)c1. The Balaban J connectivity index is 3.20. The quantitative estimate of drug-likeness (QED) is 0.859. The Hall–Kier alpha value is -1.27. The molecule has 0 heterocycles. The zero-order valence-electron chi connectivity index (χ0n) is 9.29. The summed E-state index contributed by atoms with van der Waals surface area (Å²) in [6.07, 6.45) is -4.41. The van der Waals surface area contributed by atoms with Gasteiger partial charge in [-0.1, -0.05) is 6.07 Å². The van der Waals surface area contributed by atoms with Crippen molar-refractivity contribution in [1.29, 1.82) is 0 Å². The first-order valence-electron chi connectivity index (χ1n) is 5.01. The van der Waals surface area contributed by atoms with Crippen LogP contribution in [-0.4, -0.2) is 18.8 Å². The Morgan fingerprint density at radius 1 is 1.41 bits per heavy atom. The summed E-state index contributed by atoms with van der Waals surface area (Å²) < 4.78 is 43.1. The molecule has 0 radical (unpaired) electrons. The number of ether oxygens (including phenoxy) is 1. The number of aliphatic hydroxyl groups excluding tert-OH is 1. The third kappa shape index (κ3) is 3.34. The van der Waals surface area contributed by atoms with Gasteiger partial charge >= 0.3 is 6.18 Å². The first-order chi connectivity index (χ1) is 7.90. The van der Waals surface area contributed by atoms with Gasteiger partial charge < -0.3 is 15.6 Å². The van der Waals surface area contributed by atoms with E-state index in [-0.39, 0.29) is 24.3 Å². The lowest BCUT2D eigenvalue weighted by atomic mass is 9.98. The van der Waals surface area contributed by atoms with E-state index in [9.17, 15) is 13.2 Å². The van der Waals surface area contributed by atoms with Gasteiger partial charge in [0.1, 0.15) is 5.75 Å². The summed E-state index contributed by atoms with van der Waals surface area (Å²) in [6.45, 7) is -0.259. The fourth-order valence-corrected chi connectivity index (χ4v) is 1.53. The predicted octanol–water partition coefficient (Wildman–Crippen LogP) is 2.10. The van der Waals surface area contributed by atoms with Crippen molar-refractivity contribution in [3.63, 3.8) is 0 Å². The molecule has 1 aromatic carbocycles. The molecule has 0 amide bonds. The van der Waals surface area contributed by atoms with Gasteiger partial charge in [0.25, 0.3) is 0 Å². The fourth-order valence-electron chi connectivity index (χ4n) is 1.53. The summed E-state index contributed by atoms with van der Waals surface area (Å²) in [7, 11) is 1.29. The lowest BCUT2D eigenvalue weighted by Crippen LogP contribution is -2.18. The van der Waals surface area contributed by atoms with Gasteiger partial charge in [0.2, 0.25) is 0 Å². The zero-order chi connectivity index (χ0) is 13.1. The molecule has 1 unspecified atom stereocenters. The highest BCUT2D eigenvalue weighted by Gasteiger charge is 2.35. The summed E-state index contributed by atoms with van der Waals surface area (Å²) in [4.78, 5) is 0. The van der Waals surface area contributed by atoms with Crippen molar-refractivity contribution in [3.8, 4) is 5.75 Å². The fraction of sp³-hybridized carbons (Fsp3) is 0.455. The minimum absolute atomic E-state index is 0.0349. The highest BCUT2D eigenvalue weighted by molar-refractivity contribution is 5.39. The summed E-state index contributed by atoms with van der Waals surface area (Å²) in [5.74, 6) is 0.122. The maximum Gasteiger partial charge on any atom is 0.416 e. The van der Waals surface area contributed by atoms with Crippen molar-refractivity contribution in [3.05, 3.63) is 29.3 Å². The van der Waals surface area contributed by atoms with E-state index in [1.807, 2.05) is 0 Å². The van der Waals surface area contributed by atoms with Crippen LogP contribution in [0, 0.1) is 0 Å². The van der Waals surface area contributed by atoms with Crippen LogP contribution < -0.4 is 10.5 Å². The number of halogens is 3. The lowest BCUT2D eigenvalue weighted by Gasteiger charge is -2.18. The molecular formula is C11H14F3NO2. The van der Waals surface area contributed by atoms with Crippen molar-refractivity contribution in [2.45, 2.75) is 18.6 Å². The lowest BCUT2D eigenvalue weighted by molar-refractivity contribution is -0.138. The van der Waals surface area contributed by atoms with E-state index in [1.165, 1.54) is 19.2 Å². The van der Waals surface area contributed by atoms with Crippen molar-refractivity contribution >= 4 is 0 Å². The van der Waals surface area contributed by atoms with E-state index in [2.05, 4.69) is 0 Å².